The van der Waals surface area contributed by atoms with Gasteiger partial charge in [-0.3, -0.25) is 0 Å². The molecular weight excluding hydrogens is 454 g/mol. The molecule has 0 saturated carbocycles. The van der Waals surface area contributed by atoms with E-state index in [0.29, 0.717) is 0 Å². The topological polar surface area (TPSA) is 72.2 Å². The highest BCUT2D eigenvalue weighted by atomic mass is 16.8. The molecule has 0 radical (unpaired) electrons. The first-order chi connectivity index (χ1) is 17.3. The maximum Gasteiger partial charge on any atom is 0.189 e. The largest absolute Gasteiger partial charge is 0.353 e. The summed E-state index contributed by atoms with van der Waals surface area (Å²) in [6.45, 7) is 13.4. The molecule has 2 fully saturated rings. The lowest BCUT2D eigenvalue weighted by Crippen LogP contribution is -2.42. The molecule has 36 heavy (non-hydrogen) atoms. The van der Waals surface area contributed by atoms with Crippen LogP contribution in [-0.4, -0.2) is 49.3 Å². The van der Waals surface area contributed by atoms with E-state index < -0.39 is 12.1 Å². The average Bonchev–Trinajstić information content (AvgIpc) is 3.34. The van der Waals surface area contributed by atoms with Crippen molar-refractivity contribution in [3.8, 4) is 0 Å². The fraction of sp³-hybridized carbons (Fsp3) is 1.00. The molecule has 0 aliphatic carbocycles. The summed E-state index contributed by atoms with van der Waals surface area (Å²) in [5, 5.41) is 0. The third-order valence-corrected chi connectivity index (χ3v) is 7.80. The minimum absolute atomic E-state index is 0.0726. The highest BCUT2D eigenvalue weighted by molar-refractivity contribution is 4.99. The Labute approximate surface area is 222 Å². The first-order valence-corrected chi connectivity index (χ1v) is 15.4. The third-order valence-electron chi connectivity index (χ3n) is 7.80. The van der Waals surface area contributed by atoms with Gasteiger partial charge in [0.2, 0.25) is 0 Å². The molecule has 0 bridgehead atoms. The van der Waals surface area contributed by atoms with E-state index in [9.17, 15) is 0 Å². The lowest BCUT2D eigenvalue weighted by atomic mass is 9.89. The zero-order valence-electron chi connectivity index (χ0n) is 24.5. The van der Waals surface area contributed by atoms with Gasteiger partial charge < -0.3 is 29.4 Å². The minimum atomic E-state index is -0.650. The van der Waals surface area contributed by atoms with Crippen molar-refractivity contribution in [3.63, 3.8) is 0 Å². The molecule has 214 valence electrons. The smallest absolute Gasteiger partial charge is 0.189 e. The molecule has 2 aliphatic rings. The normalized spacial score (nSPS) is 27.8. The predicted molar refractivity (Wildman–Crippen MR) is 147 cm³/mol. The van der Waals surface area contributed by atoms with Crippen molar-refractivity contribution in [1.82, 2.24) is 0 Å². The van der Waals surface area contributed by atoms with Crippen LogP contribution >= 0.6 is 0 Å². The molecule has 0 aromatic carbocycles. The van der Waals surface area contributed by atoms with Gasteiger partial charge in [0.15, 0.2) is 18.4 Å². The number of hydrogen-bond donors (Lipinski definition) is 1. The highest BCUT2D eigenvalue weighted by Crippen LogP contribution is 2.42. The van der Waals surface area contributed by atoms with Gasteiger partial charge in [-0.05, 0) is 33.1 Å². The zero-order valence-corrected chi connectivity index (χ0v) is 24.5. The van der Waals surface area contributed by atoms with Crippen LogP contribution in [0.2, 0.25) is 0 Å². The number of rotatable bonds is 21. The van der Waals surface area contributed by atoms with E-state index in [1.165, 1.54) is 77.0 Å². The second kappa shape index (κ2) is 17.4. The molecule has 2 N–H and O–H groups in total. The Morgan fingerprint density at radius 3 is 1.94 bits per heavy atom. The molecular formula is C30H59NO5. The van der Waals surface area contributed by atoms with E-state index in [2.05, 4.69) is 27.7 Å². The molecule has 2 aliphatic heterocycles. The van der Waals surface area contributed by atoms with Crippen LogP contribution in [0, 0.1) is 5.92 Å². The van der Waals surface area contributed by atoms with Gasteiger partial charge in [0, 0.05) is 18.6 Å². The third kappa shape index (κ3) is 10.9. The summed E-state index contributed by atoms with van der Waals surface area (Å²) in [4.78, 5) is 0. The van der Waals surface area contributed by atoms with Gasteiger partial charge in [-0.1, -0.05) is 105 Å². The SMILES string of the molecule is CCCCCCCCCOC(CC)O[C@H]1O[C@H]([C@H](C)C(N)CCCCCCCC)[C@@H]2OC(C)(C)O[C@H]12. The Morgan fingerprint density at radius 1 is 0.778 bits per heavy atom. The standard InChI is InChI=1S/C30H59NO5/c1-7-10-12-14-16-18-20-22-32-25(9-3)33-29-28-27(35-30(5,6)36-28)26(34-29)23(4)24(31)21-19-17-15-13-11-8-2/h23-29H,7-22,31H2,1-6H3/t23-,24?,25?,26-,27+,28+,29+/m1/s1. The Hall–Kier alpha value is -0.240. The number of nitrogens with two attached hydrogens (primary N) is 1. The molecule has 0 amide bonds. The molecule has 0 aromatic heterocycles. The summed E-state index contributed by atoms with van der Waals surface area (Å²) < 4.78 is 31.4. The quantitative estimate of drug-likeness (QED) is 0.127. The van der Waals surface area contributed by atoms with Gasteiger partial charge in [-0.25, -0.2) is 0 Å². The van der Waals surface area contributed by atoms with E-state index in [1.807, 2.05) is 13.8 Å². The molecule has 0 spiro atoms. The Morgan fingerprint density at radius 2 is 1.33 bits per heavy atom. The Bertz CT molecular complexity index is 559. The van der Waals surface area contributed by atoms with Crippen molar-refractivity contribution in [3.05, 3.63) is 0 Å². The van der Waals surface area contributed by atoms with Gasteiger partial charge in [0.05, 0.1) is 6.10 Å². The van der Waals surface area contributed by atoms with E-state index in [0.717, 1.165) is 25.9 Å². The summed E-state index contributed by atoms with van der Waals surface area (Å²) in [7, 11) is 0. The number of fused-ring (bicyclic) bond motifs is 1. The van der Waals surface area contributed by atoms with Crippen molar-refractivity contribution in [2.24, 2.45) is 11.7 Å². The van der Waals surface area contributed by atoms with E-state index in [4.69, 9.17) is 29.4 Å². The van der Waals surface area contributed by atoms with E-state index >= 15 is 0 Å². The summed E-state index contributed by atoms with van der Waals surface area (Å²) in [6.07, 6.45) is 17.0. The predicted octanol–water partition coefficient (Wildman–Crippen LogP) is 7.47. The van der Waals surface area contributed by atoms with Crippen LogP contribution < -0.4 is 5.73 Å². The average molecular weight is 514 g/mol. The Kier molecular flexibility index (Phi) is 15.4. The summed E-state index contributed by atoms with van der Waals surface area (Å²) >= 11 is 0. The second-order valence-electron chi connectivity index (χ2n) is 11.6. The number of unbranched alkanes of at least 4 members (excludes halogenated alkanes) is 11. The van der Waals surface area contributed by atoms with Crippen molar-refractivity contribution in [2.45, 2.75) is 181 Å². The van der Waals surface area contributed by atoms with Crippen molar-refractivity contribution in [2.75, 3.05) is 6.61 Å². The van der Waals surface area contributed by atoms with Crippen LogP contribution in [0.5, 0.6) is 0 Å². The summed E-state index contributed by atoms with van der Waals surface area (Å²) in [6, 6.07) is 0.0726. The van der Waals surface area contributed by atoms with Crippen molar-refractivity contribution in [1.29, 1.82) is 0 Å². The van der Waals surface area contributed by atoms with Gasteiger partial charge in [-0.15, -0.1) is 0 Å². The minimum Gasteiger partial charge on any atom is -0.353 e. The number of ether oxygens (including phenoxy) is 5. The first kappa shape index (κ1) is 32.0. The van der Waals surface area contributed by atoms with Crippen LogP contribution in [0.25, 0.3) is 0 Å². The zero-order chi connectivity index (χ0) is 26.4. The lowest BCUT2D eigenvalue weighted by molar-refractivity contribution is -0.285. The summed E-state index contributed by atoms with van der Waals surface area (Å²) in [5.41, 5.74) is 6.65. The highest BCUT2D eigenvalue weighted by Gasteiger charge is 2.57. The molecule has 2 rings (SSSR count). The van der Waals surface area contributed by atoms with Gasteiger partial charge in [0.25, 0.3) is 0 Å². The number of hydrogen-bond acceptors (Lipinski definition) is 6. The fourth-order valence-corrected chi connectivity index (χ4v) is 5.47. The maximum absolute atomic E-state index is 6.65. The van der Waals surface area contributed by atoms with Crippen LogP contribution in [0.15, 0.2) is 0 Å². The van der Waals surface area contributed by atoms with Gasteiger partial charge in [-0.2, -0.15) is 0 Å². The molecule has 6 nitrogen and oxygen atoms in total. The monoisotopic (exact) mass is 513 g/mol. The maximum atomic E-state index is 6.65. The van der Waals surface area contributed by atoms with Gasteiger partial charge in [0.1, 0.15) is 12.2 Å². The van der Waals surface area contributed by atoms with Crippen molar-refractivity contribution >= 4 is 0 Å². The first-order valence-electron chi connectivity index (χ1n) is 15.4. The van der Waals surface area contributed by atoms with E-state index in [1.54, 1.807) is 0 Å². The summed E-state index contributed by atoms with van der Waals surface area (Å²) in [5.74, 6) is -0.490. The fourth-order valence-electron chi connectivity index (χ4n) is 5.47. The molecule has 2 heterocycles. The van der Waals surface area contributed by atoms with E-state index in [-0.39, 0.29) is 36.6 Å². The second-order valence-corrected chi connectivity index (χ2v) is 11.6. The van der Waals surface area contributed by atoms with Crippen molar-refractivity contribution < 1.29 is 23.7 Å². The molecule has 0 aromatic rings. The van der Waals surface area contributed by atoms with Crippen LogP contribution in [0.1, 0.15) is 138 Å². The molecule has 7 atom stereocenters. The molecule has 2 saturated heterocycles. The van der Waals surface area contributed by atoms with Crippen LogP contribution in [0.4, 0.5) is 0 Å². The van der Waals surface area contributed by atoms with Gasteiger partial charge >= 0.3 is 0 Å². The Balaban J connectivity index is 1.81. The lowest BCUT2D eigenvalue weighted by Gasteiger charge is -2.31. The van der Waals surface area contributed by atoms with Crippen LogP contribution in [-0.2, 0) is 23.7 Å². The molecule has 2 unspecified atom stereocenters. The van der Waals surface area contributed by atoms with Crippen LogP contribution in [0.3, 0.4) is 0 Å². The molecule has 6 heteroatoms.